The van der Waals surface area contributed by atoms with Gasteiger partial charge in [0, 0.05) is 39.5 Å². The van der Waals surface area contributed by atoms with E-state index in [-0.39, 0.29) is 5.92 Å². The highest BCUT2D eigenvalue weighted by Gasteiger charge is 2.50. The smallest absolute Gasteiger partial charge is 0.185 e. The third-order valence-electron chi connectivity index (χ3n) is 7.29. The fraction of sp³-hybridized carbons (Fsp3) is 0.0625. The van der Waals surface area contributed by atoms with Gasteiger partial charge in [0.1, 0.15) is 17.2 Å². The summed E-state index contributed by atoms with van der Waals surface area (Å²) in [5, 5.41) is 0. The number of rotatable bonds is 4. The van der Waals surface area contributed by atoms with Gasteiger partial charge in [0.15, 0.2) is 5.60 Å². The van der Waals surface area contributed by atoms with Gasteiger partial charge in [-0.05, 0) is 71.8 Å². The van der Waals surface area contributed by atoms with E-state index in [1.165, 1.54) is 11.1 Å². The Labute approximate surface area is 209 Å². The molecule has 36 heavy (non-hydrogen) atoms. The van der Waals surface area contributed by atoms with E-state index < -0.39 is 5.60 Å². The largest absolute Gasteiger partial charge is 0.473 e. The summed E-state index contributed by atoms with van der Waals surface area (Å²) in [5.41, 5.74) is 19.4. The molecule has 4 nitrogen and oxygen atoms in total. The quantitative estimate of drug-likeness (QED) is 0.284. The number of nitrogen functional groups attached to an aromatic ring is 2. The van der Waals surface area contributed by atoms with Gasteiger partial charge in [0.2, 0.25) is 0 Å². The van der Waals surface area contributed by atoms with E-state index in [0.29, 0.717) is 11.4 Å². The van der Waals surface area contributed by atoms with Gasteiger partial charge in [0.05, 0.1) is 0 Å². The number of hydrogen-bond donors (Lipinski definition) is 2. The van der Waals surface area contributed by atoms with Gasteiger partial charge in [-0.25, -0.2) is 0 Å². The molecule has 0 spiro atoms. The fourth-order valence-electron chi connectivity index (χ4n) is 5.73. The molecular formula is C32H24N2O2. The van der Waals surface area contributed by atoms with E-state index in [4.69, 9.17) is 20.9 Å². The van der Waals surface area contributed by atoms with E-state index in [1.54, 1.807) is 0 Å². The minimum Gasteiger partial charge on any atom is -0.473 e. The summed E-state index contributed by atoms with van der Waals surface area (Å²) in [5.74, 6) is 2.36. The van der Waals surface area contributed by atoms with E-state index >= 15 is 0 Å². The third kappa shape index (κ3) is 2.94. The minimum atomic E-state index is -0.801. The number of hydrogen-bond acceptors (Lipinski definition) is 4. The van der Waals surface area contributed by atoms with Crippen molar-refractivity contribution in [3.05, 3.63) is 149 Å². The normalized spacial score (nSPS) is 18.6. The van der Waals surface area contributed by atoms with Crippen LogP contribution in [0, 0.1) is 0 Å². The Balaban J connectivity index is 1.49. The Bertz CT molecular complexity index is 1560. The van der Waals surface area contributed by atoms with Crippen LogP contribution in [0.2, 0.25) is 0 Å². The first-order chi connectivity index (χ1) is 17.6. The summed E-state index contributed by atoms with van der Waals surface area (Å²) in [7, 11) is 0. The van der Waals surface area contributed by atoms with Crippen LogP contribution in [0.4, 0.5) is 11.4 Å². The molecule has 0 saturated carbocycles. The van der Waals surface area contributed by atoms with Crippen molar-refractivity contribution in [3.8, 4) is 17.2 Å². The molecule has 5 aromatic carbocycles. The van der Waals surface area contributed by atoms with E-state index in [9.17, 15) is 0 Å². The van der Waals surface area contributed by atoms with Crippen molar-refractivity contribution in [2.75, 3.05) is 11.5 Å². The van der Waals surface area contributed by atoms with Crippen molar-refractivity contribution in [1.82, 2.24) is 0 Å². The first-order valence-electron chi connectivity index (χ1n) is 12.0. The molecule has 0 aromatic heterocycles. The van der Waals surface area contributed by atoms with Gasteiger partial charge >= 0.3 is 0 Å². The molecule has 0 saturated heterocycles. The third-order valence-corrected chi connectivity index (χ3v) is 7.29. The highest BCUT2D eigenvalue weighted by Crippen LogP contribution is 2.57. The maximum atomic E-state index is 7.02. The zero-order valence-corrected chi connectivity index (χ0v) is 19.5. The zero-order chi connectivity index (χ0) is 24.3. The lowest BCUT2D eigenvalue weighted by Crippen LogP contribution is -2.39. The molecule has 0 amide bonds. The van der Waals surface area contributed by atoms with Crippen LogP contribution >= 0.6 is 0 Å². The molecule has 0 atom stereocenters. The molecule has 5 aromatic rings. The number of nitrogens with two attached hydrogens (primary N) is 2. The molecule has 4 N–H and O–H groups in total. The second kappa shape index (κ2) is 7.65. The molecule has 0 aliphatic heterocycles. The highest BCUT2D eigenvalue weighted by molar-refractivity contribution is 5.69. The fourth-order valence-corrected chi connectivity index (χ4v) is 5.73. The lowest BCUT2D eigenvalue weighted by atomic mass is 9.69. The van der Waals surface area contributed by atoms with Crippen molar-refractivity contribution < 1.29 is 9.47 Å². The van der Waals surface area contributed by atoms with Crippen molar-refractivity contribution in [2.45, 2.75) is 11.5 Å². The minimum absolute atomic E-state index is 0.0202. The average Bonchev–Trinajstić information content (AvgIpc) is 3.06. The van der Waals surface area contributed by atoms with Crippen LogP contribution < -0.4 is 20.9 Å². The number of ether oxygens (including phenoxy) is 2. The maximum Gasteiger partial charge on any atom is 0.185 e. The first kappa shape index (κ1) is 20.7. The number of anilines is 2. The SMILES string of the molecule is Nc1ccc(Oc2ccc3cc2C2c4ccccc4C3(Oc3ccc(N)cc3)c3ccccc32)cc1. The standard InChI is InChI=1S/C32H24N2O2/c33-21-10-14-23(15-11-21)35-30-18-9-20-19-27(30)31-25-5-1-3-7-28(25)32(20,29-8-4-2-6-26(29)31)36-24-16-12-22(34)13-17-24/h1-19,31H,33-34H2. The van der Waals surface area contributed by atoms with Crippen LogP contribution in [0.3, 0.4) is 0 Å². The van der Waals surface area contributed by atoms with Crippen LogP contribution in [-0.4, -0.2) is 0 Å². The Morgan fingerprint density at radius 3 is 1.72 bits per heavy atom. The second-order valence-electron chi connectivity index (χ2n) is 9.38. The monoisotopic (exact) mass is 468 g/mol. The Morgan fingerprint density at radius 1 is 0.556 bits per heavy atom. The van der Waals surface area contributed by atoms with Gasteiger partial charge in [0.25, 0.3) is 0 Å². The van der Waals surface area contributed by atoms with Crippen LogP contribution in [0.25, 0.3) is 0 Å². The van der Waals surface area contributed by atoms with Crippen LogP contribution in [-0.2, 0) is 5.60 Å². The molecule has 0 heterocycles. The molecular weight excluding hydrogens is 444 g/mol. The molecule has 8 rings (SSSR count). The molecule has 0 unspecified atom stereocenters. The molecule has 3 aliphatic rings. The Hall–Kier alpha value is -4.70. The predicted molar refractivity (Wildman–Crippen MR) is 143 cm³/mol. The van der Waals surface area contributed by atoms with Crippen LogP contribution in [0.15, 0.2) is 115 Å². The van der Waals surface area contributed by atoms with Crippen molar-refractivity contribution in [1.29, 1.82) is 0 Å². The molecule has 0 fully saturated rings. The summed E-state index contributed by atoms with van der Waals surface area (Å²) in [6.45, 7) is 0. The number of benzene rings is 5. The summed E-state index contributed by atoms with van der Waals surface area (Å²) in [4.78, 5) is 0. The van der Waals surface area contributed by atoms with Crippen molar-refractivity contribution in [2.24, 2.45) is 0 Å². The average molecular weight is 469 g/mol. The van der Waals surface area contributed by atoms with Gasteiger partial charge in [-0.15, -0.1) is 0 Å². The molecule has 4 bridgehead atoms. The highest BCUT2D eigenvalue weighted by atomic mass is 16.5. The lowest BCUT2D eigenvalue weighted by molar-refractivity contribution is 0.151. The van der Waals surface area contributed by atoms with E-state index in [2.05, 4.69) is 66.7 Å². The van der Waals surface area contributed by atoms with E-state index in [1.807, 2.05) is 48.5 Å². The van der Waals surface area contributed by atoms with Crippen LogP contribution in [0.5, 0.6) is 17.2 Å². The van der Waals surface area contributed by atoms with Crippen LogP contribution in [0.1, 0.15) is 39.3 Å². The van der Waals surface area contributed by atoms with Gasteiger partial charge in [-0.2, -0.15) is 0 Å². The summed E-state index contributed by atoms with van der Waals surface area (Å²) < 4.78 is 13.5. The first-order valence-corrected chi connectivity index (χ1v) is 12.0. The Morgan fingerprint density at radius 2 is 1.11 bits per heavy atom. The van der Waals surface area contributed by atoms with Gasteiger partial charge in [-0.3, -0.25) is 0 Å². The Kier molecular flexibility index (Phi) is 4.39. The lowest BCUT2D eigenvalue weighted by Gasteiger charge is -2.41. The molecule has 3 aliphatic carbocycles. The zero-order valence-electron chi connectivity index (χ0n) is 19.5. The maximum absolute atomic E-state index is 7.02. The molecule has 174 valence electrons. The summed E-state index contributed by atoms with van der Waals surface area (Å²) >= 11 is 0. The topological polar surface area (TPSA) is 70.5 Å². The molecule has 0 radical (unpaired) electrons. The molecule has 4 heteroatoms. The predicted octanol–water partition coefficient (Wildman–Crippen LogP) is 6.82. The van der Waals surface area contributed by atoms with E-state index in [0.717, 1.165) is 39.5 Å². The summed E-state index contributed by atoms with van der Waals surface area (Å²) in [6, 6.07) is 38.7. The van der Waals surface area contributed by atoms with Crippen molar-refractivity contribution in [3.63, 3.8) is 0 Å². The second-order valence-corrected chi connectivity index (χ2v) is 9.38. The van der Waals surface area contributed by atoms with Gasteiger partial charge < -0.3 is 20.9 Å². The van der Waals surface area contributed by atoms with Crippen molar-refractivity contribution >= 4 is 11.4 Å². The van der Waals surface area contributed by atoms with Gasteiger partial charge in [-0.1, -0.05) is 54.6 Å². The summed E-state index contributed by atoms with van der Waals surface area (Å²) in [6.07, 6.45) is 0.